The van der Waals surface area contributed by atoms with E-state index in [1.54, 1.807) is 0 Å². The lowest BCUT2D eigenvalue weighted by Gasteiger charge is -2.17. The SMILES string of the molecule is CC(C)COB(c1ccccc1)c1ccc(Br)cc1. The van der Waals surface area contributed by atoms with Crippen molar-refractivity contribution in [3.63, 3.8) is 0 Å². The molecule has 2 aromatic rings. The average Bonchev–Trinajstić information content (AvgIpc) is 2.42. The van der Waals surface area contributed by atoms with Gasteiger partial charge in [-0.15, -0.1) is 0 Å². The third-order valence-electron chi connectivity index (χ3n) is 2.87. The molecular weight excluding hydrogens is 299 g/mol. The Hall–Kier alpha value is -1.06. The summed E-state index contributed by atoms with van der Waals surface area (Å²) in [6.07, 6.45) is 0. The van der Waals surface area contributed by atoms with Crippen molar-refractivity contribution in [1.82, 2.24) is 0 Å². The van der Waals surface area contributed by atoms with Crippen LogP contribution in [0.5, 0.6) is 0 Å². The molecule has 0 bridgehead atoms. The zero-order valence-corrected chi connectivity index (χ0v) is 12.9. The second-order valence-corrected chi connectivity index (χ2v) is 5.99. The number of rotatable bonds is 5. The maximum absolute atomic E-state index is 6.10. The van der Waals surface area contributed by atoms with Gasteiger partial charge in [-0.3, -0.25) is 0 Å². The molecule has 0 saturated carbocycles. The highest BCUT2D eigenvalue weighted by atomic mass is 79.9. The minimum atomic E-state index is 0.0108. The van der Waals surface area contributed by atoms with Crippen LogP contribution < -0.4 is 10.9 Å². The molecule has 0 aliphatic carbocycles. The van der Waals surface area contributed by atoms with Crippen molar-refractivity contribution in [2.75, 3.05) is 6.61 Å². The molecule has 19 heavy (non-hydrogen) atoms. The molecule has 0 saturated heterocycles. The van der Waals surface area contributed by atoms with Crippen molar-refractivity contribution >= 4 is 33.8 Å². The maximum Gasteiger partial charge on any atom is 0.361 e. The van der Waals surface area contributed by atoms with Gasteiger partial charge in [-0.2, -0.15) is 0 Å². The molecular formula is C16H18BBrO. The summed E-state index contributed by atoms with van der Waals surface area (Å²) in [7, 11) is 0. The molecule has 2 aromatic carbocycles. The molecule has 0 N–H and O–H groups in total. The van der Waals surface area contributed by atoms with E-state index in [0.29, 0.717) is 5.92 Å². The quantitative estimate of drug-likeness (QED) is 0.770. The second-order valence-electron chi connectivity index (χ2n) is 5.07. The zero-order chi connectivity index (χ0) is 13.7. The van der Waals surface area contributed by atoms with Crippen LogP contribution in [0.1, 0.15) is 13.8 Å². The molecule has 0 aliphatic rings. The monoisotopic (exact) mass is 316 g/mol. The molecule has 0 atom stereocenters. The molecule has 0 radical (unpaired) electrons. The van der Waals surface area contributed by atoms with Gasteiger partial charge in [0.25, 0.3) is 0 Å². The Bertz CT molecular complexity index is 496. The highest BCUT2D eigenvalue weighted by Gasteiger charge is 2.21. The summed E-state index contributed by atoms with van der Waals surface area (Å²) in [6.45, 7) is 5.11. The predicted octanol–water partition coefficient (Wildman–Crippen LogP) is 3.23. The first kappa shape index (κ1) is 14.4. The average molecular weight is 317 g/mol. The molecule has 0 spiro atoms. The molecule has 0 amide bonds. The van der Waals surface area contributed by atoms with E-state index in [2.05, 4.69) is 78.3 Å². The van der Waals surface area contributed by atoms with Crippen LogP contribution >= 0.6 is 15.9 Å². The van der Waals surface area contributed by atoms with Crippen LogP contribution in [0.25, 0.3) is 0 Å². The third-order valence-corrected chi connectivity index (χ3v) is 3.40. The van der Waals surface area contributed by atoms with Gasteiger partial charge >= 0.3 is 6.92 Å². The van der Waals surface area contributed by atoms with E-state index < -0.39 is 0 Å². The molecule has 1 nitrogen and oxygen atoms in total. The van der Waals surface area contributed by atoms with Crippen LogP contribution in [-0.4, -0.2) is 13.5 Å². The van der Waals surface area contributed by atoms with E-state index in [1.807, 2.05) is 6.07 Å². The van der Waals surface area contributed by atoms with Gasteiger partial charge in [0, 0.05) is 11.1 Å². The van der Waals surface area contributed by atoms with E-state index in [0.717, 1.165) is 11.1 Å². The molecule has 0 heterocycles. The third kappa shape index (κ3) is 4.22. The Morgan fingerprint density at radius 1 is 0.947 bits per heavy atom. The summed E-state index contributed by atoms with van der Waals surface area (Å²) in [6, 6.07) is 18.7. The number of hydrogen-bond acceptors (Lipinski definition) is 1. The highest BCUT2D eigenvalue weighted by Crippen LogP contribution is 2.07. The first-order chi connectivity index (χ1) is 9.16. The fraction of sp³-hybridized carbons (Fsp3) is 0.250. The topological polar surface area (TPSA) is 9.23 Å². The lowest BCUT2D eigenvalue weighted by molar-refractivity contribution is 0.282. The van der Waals surface area contributed by atoms with Crippen LogP contribution in [0.4, 0.5) is 0 Å². The summed E-state index contributed by atoms with van der Waals surface area (Å²) < 4.78 is 7.19. The van der Waals surface area contributed by atoms with Gasteiger partial charge in [-0.1, -0.05) is 72.2 Å². The second kappa shape index (κ2) is 6.92. The van der Waals surface area contributed by atoms with Crippen molar-refractivity contribution in [2.45, 2.75) is 13.8 Å². The largest absolute Gasteiger partial charge is 0.427 e. The molecule has 0 aromatic heterocycles. The van der Waals surface area contributed by atoms with Crippen molar-refractivity contribution < 1.29 is 4.65 Å². The van der Waals surface area contributed by atoms with Gasteiger partial charge in [-0.05, 0) is 29.0 Å². The van der Waals surface area contributed by atoms with E-state index in [1.165, 1.54) is 10.9 Å². The molecule has 0 unspecified atom stereocenters. The zero-order valence-electron chi connectivity index (χ0n) is 11.3. The van der Waals surface area contributed by atoms with Crippen molar-refractivity contribution in [1.29, 1.82) is 0 Å². The lowest BCUT2D eigenvalue weighted by Crippen LogP contribution is -2.45. The Kier molecular flexibility index (Phi) is 5.23. The van der Waals surface area contributed by atoms with Gasteiger partial charge in [0.2, 0.25) is 0 Å². The van der Waals surface area contributed by atoms with E-state index in [9.17, 15) is 0 Å². The van der Waals surface area contributed by atoms with Crippen molar-refractivity contribution in [3.05, 3.63) is 59.1 Å². The van der Waals surface area contributed by atoms with Crippen LogP contribution in [0.15, 0.2) is 59.1 Å². The van der Waals surface area contributed by atoms with Crippen molar-refractivity contribution in [3.8, 4) is 0 Å². The molecule has 0 fully saturated rings. The van der Waals surface area contributed by atoms with Crippen LogP contribution in [0.3, 0.4) is 0 Å². The van der Waals surface area contributed by atoms with E-state index >= 15 is 0 Å². The maximum atomic E-state index is 6.10. The van der Waals surface area contributed by atoms with Gasteiger partial charge in [0.1, 0.15) is 0 Å². The normalized spacial score (nSPS) is 10.7. The Morgan fingerprint density at radius 2 is 1.53 bits per heavy atom. The highest BCUT2D eigenvalue weighted by molar-refractivity contribution is 9.10. The number of halogens is 1. The lowest BCUT2D eigenvalue weighted by atomic mass is 9.55. The predicted molar refractivity (Wildman–Crippen MR) is 86.4 cm³/mol. The first-order valence-corrected chi connectivity index (χ1v) is 7.38. The Morgan fingerprint density at radius 3 is 2.11 bits per heavy atom. The fourth-order valence-electron chi connectivity index (χ4n) is 1.94. The minimum absolute atomic E-state index is 0.0108. The van der Waals surface area contributed by atoms with Crippen LogP contribution in [0.2, 0.25) is 0 Å². The fourth-order valence-corrected chi connectivity index (χ4v) is 2.20. The van der Waals surface area contributed by atoms with Gasteiger partial charge in [0.15, 0.2) is 0 Å². The molecule has 2 rings (SSSR count). The Labute approximate surface area is 124 Å². The summed E-state index contributed by atoms with van der Waals surface area (Å²) >= 11 is 3.47. The Balaban J connectivity index is 2.26. The molecule has 3 heteroatoms. The first-order valence-electron chi connectivity index (χ1n) is 6.59. The summed E-state index contributed by atoms with van der Waals surface area (Å²) in [5, 5.41) is 0. The molecule has 98 valence electrons. The number of hydrogen-bond donors (Lipinski definition) is 0. The summed E-state index contributed by atoms with van der Waals surface area (Å²) in [4.78, 5) is 0. The smallest absolute Gasteiger partial charge is 0.361 e. The van der Waals surface area contributed by atoms with E-state index in [4.69, 9.17) is 4.65 Å². The minimum Gasteiger partial charge on any atom is -0.427 e. The van der Waals surface area contributed by atoms with Crippen LogP contribution in [0, 0.1) is 5.92 Å². The van der Waals surface area contributed by atoms with E-state index in [-0.39, 0.29) is 6.92 Å². The standard InChI is InChI=1S/C16H18BBrO/c1-13(2)12-19-17(14-6-4-3-5-7-14)15-8-10-16(18)11-9-15/h3-11,13H,12H2,1-2H3. The van der Waals surface area contributed by atoms with Gasteiger partial charge in [-0.25, -0.2) is 0 Å². The molecule has 0 aliphatic heterocycles. The summed E-state index contributed by atoms with van der Waals surface area (Å²) in [5.74, 6) is 0.529. The van der Waals surface area contributed by atoms with Crippen molar-refractivity contribution in [2.24, 2.45) is 5.92 Å². The van der Waals surface area contributed by atoms with Gasteiger partial charge < -0.3 is 4.65 Å². The van der Waals surface area contributed by atoms with Crippen LogP contribution in [-0.2, 0) is 4.65 Å². The summed E-state index contributed by atoms with van der Waals surface area (Å²) in [5.41, 5.74) is 2.39. The van der Waals surface area contributed by atoms with Gasteiger partial charge in [0.05, 0.1) is 0 Å². The number of benzene rings is 2.